The van der Waals surface area contributed by atoms with E-state index in [-0.39, 0.29) is 6.54 Å². The van der Waals surface area contributed by atoms with Gasteiger partial charge in [0.1, 0.15) is 0 Å². The summed E-state index contributed by atoms with van der Waals surface area (Å²) in [6.45, 7) is 2.62. The molecule has 0 aromatic carbocycles. The lowest BCUT2D eigenvalue weighted by Crippen LogP contribution is -2.62. The number of rotatable bonds is 2. The van der Waals surface area contributed by atoms with Gasteiger partial charge in [0.05, 0.1) is 11.7 Å². The van der Waals surface area contributed by atoms with Crippen LogP contribution < -0.4 is 5.73 Å². The third-order valence-corrected chi connectivity index (χ3v) is 3.52. The Balaban J connectivity index is 2.25. The van der Waals surface area contributed by atoms with E-state index in [2.05, 4.69) is 5.16 Å². The van der Waals surface area contributed by atoms with Crippen LogP contribution in [0.3, 0.4) is 0 Å². The van der Waals surface area contributed by atoms with E-state index >= 15 is 0 Å². The van der Waals surface area contributed by atoms with Crippen molar-refractivity contribution in [3.8, 4) is 0 Å². The lowest BCUT2D eigenvalue weighted by atomic mass is 10.0. The number of aromatic nitrogens is 1. The monoisotopic (exact) mass is 291 g/mol. The second-order valence-electron chi connectivity index (χ2n) is 5.23. The molecule has 0 aliphatic carbocycles. The number of nitrogens with two attached hydrogens (primary N) is 1. The number of aryl methyl sites for hydroxylation is 1. The van der Waals surface area contributed by atoms with E-state index in [1.165, 1.54) is 0 Å². The molecule has 8 heteroatoms. The van der Waals surface area contributed by atoms with Crippen LogP contribution in [0.2, 0.25) is 0 Å². The second kappa shape index (κ2) is 4.76. The molecule has 2 unspecified atom stereocenters. The van der Waals surface area contributed by atoms with Crippen LogP contribution in [0.15, 0.2) is 10.6 Å². The molecule has 0 spiro atoms. The molecular formula is C12H16F3N3O2. The Kier molecular flexibility index (Phi) is 3.53. The van der Waals surface area contributed by atoms with E-state index in [0.717, 1.165) is 4.90 Å². The van der Waals surface area contributed by atoms with Crippen LogP contribution in [-0.4, -0.2) is 34.2 Å². The molecule has 5 nitrogen and oxygen atoms in total. The van der Waals surface area contributed by atoms with E-state index in [0.29, 0.717) is 31.2 Å². The average Bonchev–Trinajstić information content (AvgIpc) is 2.94. The molecule has 1 aromatic rings. The Morgan fingerprint density at radius 2 is 2.20 bits per heavy atom. The van der Waals surface area contributed by atoms with Gasteiger partial charge in [0, 0.05) is 12.6 Å². The molecular weight excluding hydrogens is 275 g/mol. The van der Waals surface area contributed by atoms with Gasteiger partial charge in [-0.05, 0) is 26.7 Å². The quantitative estimate of drug-likeness (QED) is 0.903. The first-order chi connectivity index (χ1) is 9.14. The number of alkyl halides is 3. The summed E-state index contributed by atoms with van der Waals surface area (Å²) < 4.78 is 43.6. The smallest absolute Gasteiger partial charge is 0.359 e. The van der Waals surface area contributed by atoms with Crippen molar-refractivity contribution in [3.63, 3.8) is 0 Å². The molecule has 2 rings (SSSR count). The fourth-order valence-electron chi connectivity index (χ4n) is 2.27. The maximum absolute atomic E-state index is 12.9. The maximum atomic E-state index is 12.9. The number of likely N-dealkylation sites (tertiary alicyclic amines) is 1. The number of amides is 1. The van der Waals surface area contributed by atoms with Gasteiger partial charge >= 0.3 is 6.18 Å². The van der Waals surface area contributed by atoms with E-state index in [4.69, 9.17) is 10.3 Å². The predicted molar refractivity (Wildman–Crippen MR) is 63.6 cm³/mol. The molecule has 1 aliphatic heterocycles. The van der Waals surface area contributed by atoms with Crippen molar-refractivity contribution in [3.05, 3.63) is 17.5 Å². The van der Waals surface area contributed by atoms with Crippen molar-refractivity contribution in [2.75, 3.05) is 6.54 Å². The molecule has 112 valence electrons. The minimum absolute atomic E-state index is 0.228. The van der Waals surface area contributed by atoms with Crippen LogP contribution >= 0.6 is 0 Å². The van der Waals surface area contributed by atoms with Crippen LogP contribution in [0.5, 0.6) is 0 Å². The molecule has 20 heavy (non-hydrogen) atoms. The summed E-state index contributed by atoms with van der Waals surface area (Å²) in [6.07, 6.45) is -3.66. The fourth-order valence-corrected chi connectivity index (χ4v) is 2.27. The van der Waals surface area contributed by atoms with Crippen molar-refractivity contribution in [1.82, 2.24) is 10.1 Å². The predicted octanol–water partition coefficient (Wildman–Crippen LogP) is 1.93. The normalized spacial score (nSPS) is 22.9. The van der Waals surface area contributed by atoms with Crippen LogP contribution in [-0.2, 0) is 4.79 Å². The zero-order valence-corrected chi connectivity index (χ0v) is 11.2. The molecule has 1 aliphatic rings. The largest absolute Gasteiger partial charge is 0.415 e. The summed E-state index contributed by atoms with van der Waals surface area (Å²) >= 11 is 0. The Labute approximate surface area is 113 Å². The van der Waals surface area contributed by atoms with Gasteiger partial charge < -0.3 is 15.2 Å². The summed E-state index contributed by atoms with van der Waals surface area (Å²) in [6, 6.07) is 1.09. The number of carbonyl (C=O) groups is 1. The number of hydrogen-bond donors (Lipinski definition) is 1. The summed E-state index contributed by atoms with van der Waals surface area (Å²) in [7, 11) is 0. The van der Waals surface area contributed by atoms with E-state index in [9.17, 15) is 18.0 Å². The number of halogens is 3. The first-order valence-electron chi connectivity index (χ1n) is 6.24. The highest BCUT2D eigenvalue weighted by Gasteiger charge is 2.56. The summed E-state index contributed by atoms with van der Waals surface area (Å²) in [5, 5.41) is 3.70. The molecule has 0 bridgehead atoms. The Bertz CT molecular complexity index is 510. The molecule has 2 heterocycles. The van der Waals surface area contributed by atoms with Gasteiger partial charge in [0.2, 0.25) is 0 Å². The summed E-state index contributed by atoms with van der Waals surface area (Å²) in [4.78, 5) is 13.3. The zero-order valence-electron chi connectivity index (χ0n) is 11.2. The summed E-state index contributed by atoms with van der Waals surface area (Å²) in [5.74, 6) is -0.743. The average molecular weight is 291 g/mol. The third kappa shape index (κ3) is 2.39. The van der Waals surface area contributed by atoms with Crippen LogP contribution in [0, 0.1) is 6.92 Å². The topological polar surface area (TPSA) is 72.4 Å². The van der Waals surface area contributed by atoms with Gasteiger partial charge in [-0.25, -0.2) is 0 Å². The van der Waals surface area contributed by atoms with Gasteiger partial charge in [-0.15, -0.1) is 0 Å². The summed E-state index contributed by atoms with van der Waals surface area (Å²) in [5.41, 5.74) is 2.92. The van der Waals surface area contributed by atoms with Crippen molar-refractivity contribution in [2.45, 2.75) is 44.4 Å². The van der Waals surface area contributed by atoms with E-state index in [1.807, 2.05) is 0 Å². The van der Waals surface area contributed by atoms with Gasteiger partial charge in [0.25, 0.3) is 5.91 Å². The Morgan fingerprint density at radius 3 is 2.70 bits per heavy atom. The number of nitrogens with zero attached hydrogens (tertiary/aromatic N) is 2. The van der Waals surface area contributed by atoms with E-state index in [1.54, 1.807) is 13.0 Å². The van der Waals surface area contributed by atoms with Gasteiger partial charge in [0.15, 0.2) is 11.3 Å². The van der Waals surface area contributed by atoms with Gasteiger partial charge in [-0.1, -0.05) is 5.16 Å². The lowest BCUT2D eigenvalue weighted by molar-refractivity contribution is -0.194. The van der Waals surface area contributed by atoms with Crippen LogP contribution in [0.4, 0.5) is 13.2 Å². The van der Waals surface area contributed by atoms with Crippen molar-refractivity contribution >= 4 is 5.91 Å². The fraction of sp³-hybridized carbons (Fsp3) is 0.667. The first kappa shape index (κ1) is 14.8. The Hall–Kier alpha value is -1.57. The highest BCUT2D eigenvalue weighted by Crippen LogP contribution is 2.37. The van der Waals surface area contributed by atoms with Crippen molar-refractivity contribution < 1.29 is 22.5 Å². The van der Waals surface area contributed by atoms with Crippen molar-refractivity contribution in [1.29, 1.82) is 0 Å². The van der Waals surface area contributed by atoms with Crippen LogP contribution in [0.25, 0.3) is 0 Å². The molecule has 2 atom stereocenters. The molecule has 1 aromatic heterocycles. The number of hydrogen-bond acceptors (Lipinski definition) is 4. The standard InChI is InChI=1S/C12H16F3N3O2/c1-7-6-9(20-17-7)8-4-3-5-18(8)10(19)11(2,16)12(13,14)15/h6,8H,3-5,16H2,1-2H3. The SMILES string of the molecule is Cc1cc(C2CCCN2C(=O)C(C)(N)C(F)(F)F)on1. The molecule has 0 saturated carbocycles. The van der Waals surface area contributed by atoms with Crippen molar-refractivity contribution in [2.24, 2.45) is 5.73 Å². The third-order valence-electron chi connectivity index (χ3n) is 3.52. The molecule has 1 saturated heterocycles. The second-order valence-corrected chi connectivity index (χ2v) is 5.23. The zero-order chi connectivity index (χ0) is 15.1. The molecule has 1 amide bonds. The maximum Gasteiger partial charge on any atom is 0.415 e. The minimum atomic E-state index is -4.80. The highest BCUT2D eigenvalue weighted by molar-refractivity contribution is 5.87. The van der Waals surface area contributed by atoms with E-state index < -0.39 is 23.7 Å². The lowest BCUT2D eigenvalue weighted by Gasteiger charge is -2.33. The first-order valence-corrected chi connectivity index (χ1v) is 6.24. The Morgan fingerprint density at radius 1 is 1.55 bits per heavy atom. The molecule has 2 N–H and O–H groups in total. The van der Waals surface area contributed by atoms with Crippen LogP contribution in [0.1, 0.15) is 37.3 Å². The highest BCUT2D eigenvalue weighted by atomic mass is 19.4. The molecule has 1 fully saturated rings. The van der Waals surface area contributed by atoms with Gasteiger partial charge in [-0.3, -0.25) is 4.79 Å². The minimum Gasteiger partial charge on any atom is -0.359 e. The van der Waals surface area contributed by atoms with Gasteiger partial charge in [-0.2, -0.15) is 13.2 Å². The number of carbonyl (C=O) groups excluding carboxylic acids is 1. The molecule has 0 radical (unpaired) electrons.